The molecule has 0 aliphatic rings. The van der Waals surface area contributed by atoms with Crippen LogP contribution in [0.2, 0.25) is 0 Å². The van der Waals surface area contributed by atoms with E-state index in [0.717, 1.165) is 116 Å². The average Bonchev–Trinajstić information content (AvgIpc) is 3.47. The van der Waals surface area contributed by atoms with Crippen LogP contribution in [0.25, 0.3) is 0 Å². The van der Waals surface area contributed by atoms with E-state index in [0.29, 0.717) is 19.3 Å². The Kier molecular flexibility index (Phi) is 65.8. The molecule has 82 heavy (non-hydrogen) atoms. The predicted molar refractivity (Wildman–Crippen MR) is 357 cm³/mol. The van der Waals surface area contributed by atoms with Gasteiger partial charge in [-0.2, -0.15) is 0 Å². The fourth-order valence-corrected chi connectivity index (χ4v) is 9.51. The zero-order valence-electron chi connectivity index (χ0n) is 53.7. The minimum Gasteiger partial charge on any atom is -0.462 e. The molecule has 0 aromatic rings. The van der Waals surface area contributed by atoms with E-state index in [1.165, 1.54) is 161 Å². The average molecular weight is 1140 g/mol. The van der Waals surface area contributed by atoms with Gasteiger partial charge in [-0.05, 0) is 135 Å². The lowest BCUT2D eigenvalue weighted by Crippen LogP contribution is -2.30. The smallest absolute Gasteiger partial charge is 0.306 e. The topological polar surface area (TPSA) is 78.9 Å². The third-order valence-electron chi connectivity index (χ3n) is 14.7. The van der Waals surface area contributed by atoms with Crippen LogP contribution in [-0.2, 0) is 28.6 Å². The molecule has 0 rings (SSSR count). The highest BCUT2D eigenvalue weighted by Gasteiger charge is 2.19. The Hall–Kier alpha value is -4.19. The highest BCUT2D eigenvalue weighted by Crippen LogP contribution is 2.16. The van der Waals surface area contributed by atoms with Gasteiger partial charge in [0, 0.05) is 19.3 Å². The van der Waals surface area contributed by atoms with Gasteiger partial charge in [0.2, 0.25) is 0 Å². The van der Waals surface area contributed by atoms with Gasteiger partial charge >= 0.3 is 17.9 Å². The first-order valence-electron chi connectivity index (χ1n) is 34.5. The number of carbonyl (C=O) groups excluding carboxylic acids is 3. The summed E-state index contributed by atoms with van der Waals surface area (Å²) in [6.45, 7) is 6.47. The van der Waals surface area contributed by atoms with Gasteiger partial charge in [0.05, 0.1) is 0 Å². The van der Waals surface area contributed by atoms with Crippen molar-refractivity contribution in [2.45, 2.75) is 329 Å². The first kappa shape index (κ1) is 77.8. The molecule has 0 aromatic carbocycles. The van der Waals surface area contributed by atoms with Crippen LogP contribution in [0.15, 0.2) is 122 Å². The summed E-state index contributed by atoms with van der Waals surface area (Å²) in [4.78, 5) is 38.3. The van der Waals surface area contributed by atoms with Crippen molar-refractivity contribution >= 4 is 17.9 Å². The molecule has 1 atom stereocenters. The number of carbonyl (C=O) groups is 3. The van der Waals surface area contributed by atoms with E-state index in [-0.39, 0.29) is 37.5 Å². The van der Waals surface area contributed by atoms with Crippen LogP contribution in [-0.4, -0.2) is 37.2 Å². The molecule has 0 bridgehead atoms. The van der Waals surface area contributed by atoms with Crippen molar-refractivity contribution in [1.82, 2.24) is 0 Å². The Labute approximate surface area is 507 Å². The molecule has 0 aliphatic carbocycles. The van der Waals surface area contributed by atoms with Gasteiger partial charge in [-0.1, -0.05) is 290 Å². The van der Waals surface area contributed by atoms with Crippen molar-refractivity contribution in [1.29, 1.82) is 0 Å². The molecule has 0 aromatic heterocycles. The number of unbranched alkanes of at least 4 members (excludes halogenated alkanes) is 31. The summed E-state index contributed by atoms with van der Waals surface area (Å²) in [6.07, 6.45) is 96.6. The second kappa shape index (κ2) is 69.3. The van der Waals surface area contributed by atoms with E-state index < -0.39 is 6.10 Å². The Morgan fingerprint density at radius 2 is 0.476 bits per heavy atom. The summed E-state index contributed by atoms with van der Waals surface area (Å²) in [5.41, 5.74) is 0. The van der Waals surface area contributed by atoms with Gasteiger partial charge in [-0.15, -0.1) is 0 Å². The Balaban J connectivity index is 4.28. The molecule has 6 nitrogen and oxygen atoms in total. The molecular weight excluding hydrogens is 1010 g/mol. The van der Waals surface area contributed by atoms with E-state index in [2.05, 4.69) is 142 Å². The number of rotatable bonds is 62. The van der Waals surface area contributed by atoms with Crippen LogP contribution in [0, 0.1) is 0 Å². The summed E-state index contributed by atoms with van der Waals surface area (Å²) >= 11 is 0. The quantitative estimate of drug-likeness (QED) is 0.0261. The monoisotopic (exact) mass is 1140 g/mol. The Morgan fingerprint density at radius 1 is 0.256 bits per heavy atom. The minimum absolute atomic E-state index is 0.0989. The fraction of sp³-hybridized carbons (Fsp3) is 0.697. The zero-order valence-corrected chi connectivity index (χ0v) is 53.7. The third-order valence-corrected chi connectivity index (χ3v) is 14.7. The van der Waals surface area contributed by atoms with Crippen LogP contribution < -0.4 is 0 Å². The highest BCUT2D eigenvalue weighted by molar-refractivity contribution is 5.71. The van der Waals surface area contributed by atoms with Gasteiger partial charge in [0.1, 0.15) is 13.2 Å². The first-order chi connectivity index (χ1) is 40.5. The molecule has 0 saturated heterocycles. The third kappa shape index (κ3) is 66.6. The van der Waals surface area contributed by atoms with E-state index in [4.69, 9.17) is 14.2 Å². The number of ether oxygens (including phenoxy) is 3. The summed E-state index contributed by atoms with van der Waals surface area (Å²) < 4.78 is 16.9. The second-order valence-electron chi connectivity index (χ2n) is 22.7. The highest BCUT2D eigenvalue weighted by atomic mass is 16.6. The van der Waals surface area contributed by atoms with Crippen molar-refractivity contribution in [2.24, 2.45) is 0 Å². The SMILES string of the molecule is CC/C=C\C/C=C\C/C=C\C/C=C\C/C=C\C/C=C\CCCCC(=O)OC(COC(=O)CCCCCCC/C=C\CCCCC)COC(=O)CCCCCCCCCCCCCCCCCC/C=C\C/C=C\C/C=C\CCCCCCC. The lowest BCUT2D eigenvalue weighted by molar-refractivity contribution is -0.167. The lowest BCUT2D eigenvalue weighted by atomic mass is 10.0. The van der Waals surface area contributed by atoms with Gasteiger partial charge < -0.3 is 14.2 Å². The van der Waals surface area contributed by atoms with E-state index in [1.54, 1.807) is 0 Å². The fourth-order valence-electron chi connectivity index (χ4n) is 9.51. The molecule has 0 amide bonds. The van der Waals surface area contributed by atoms with Crippen molar-refractivity contribution in [3.05, 3.63) is 122 Å². The number of hydrogen-bond donors (Lipinski definition) is 0. The maximum atomic E-state index is 12.9. The Bertz CT molecular complexity index is 1690. The van der Waals surface area contributed by atoms with Crippen molar-refractivity contribution in [3.63, 3.8) is 0 Å². The summed E-state index contributed by atoms with van der Waals surface area (Å²) in [5.74, 6) is -0.945. The molecule has 0 aliphatic heterocycles. The standard InChI is InChI=1S/C76H128O6/c1-4-7-10-13-16-19-22-25-27-29-31-33-34-35-36-37-38-39-40-41-42-44-45-47-49-51-54-57-60-63-66-69-75(78)81-72-73(71-80-74(77)68-65-62-59-56-53-24-21-18-15-12-9-6-3)82-76(79)70-67-64-61-58-55-52-50-48-46-43-32-30-28-26-23-20-17-14-11-8-5-2/h8,11,17-18,20-22,25-26,28-29,31-32,34-35,43,48,50,55,58,73H,4-7,9-10,12-16,19,23-24,27,30,33,36-42,44-47,49,51-54,56-57,59-72H2,1-3H3/b11-8-,20-17-,21-18-,25-22-,28-26-,31-29-,35-34-,43-32-,50-48-,58-55-. The van der Waals surface area contributed by atoms with E-state index in [1.807, 2.05) is 0 Å². The van der Waals surface area contributed by atoms with Gasteiger partial charge in [0.15, 0.2) is 6.10 Å². The molecule has 0 radical (unpaired) electrons. The van der Waals surface area contributed by atoms with Gasteiger partial charge in [0.25, 0.3) is 0 Å². The number of hydrogen-bond acceptors (Lipinski definition) is 6. The van der Waals surface area contributed by atoms with E-state index in [9.17, 15) is 14.4 Å². The summed E-state index contributed by atoms with van der Waals surface area (Å²) in [7, 11) is 0. The number of esters is 3. The van der Waals surface area contributed by atoms with Gasteiger partial charge in [-0.25, -0.2) is 0 Å². The predicted octanol–water partition coefficient (Wildman–Crippen LogP) is 23.9. The van der Waals surface area contributed by atoms with Crippen LogP contribution in [0.1, 0.15) is 323 Å². The first-order valence-corrected chi connectivity index (χ1v) is 34.5. The maximum absolute atomic E-state index is 12.9. The van der Waals surface area contributed by atoms with Crippen molar-refractivity contribution < 1.29 is 28.6 Å². The molecule has 6 heteroatoms. The molecule has 0 fully saturated rings. The summed E-state index contributed by atoms with van der Waals surface area (Å²) in [5, 5.41) is 0. The zero-order chi connectivity index (χ0) is 59.2. The van der Waals surface area contributed by atoms with E-state index >= 15 is 0 Å². The molecule has 468 valence electrons. The van der Waals surface area contributed by atoms with Crippen molar-refractivity contribution in [3.8, 4) is 0 Å². The molecule has 0 spiro atoms. The van der Waals surface area contributed by atoms with Crippen LogP contribution >= 0.6 is 0 Å². The van der Waals surface area contributed by atoms with Crippen LogP contribution in [0.4, 0.5) is 0 Å². The molecule has 0 N–H and O–H groups in total. The largest absolute Gasteiger partial charge is 0.462 e. The molecule has 0 saturated carbocycles. The molecule has 0 heterocycles. The lowest BCUT2D eigenvalue weighted by Gasteiger charge is -2.18. The minimum atomic E-state index is -0.808. The Morgan fingerprint density at radius 3 is 0.805 bits per heavy atom. The molecule has 1 unspecified atom stereocenters. The second-order valence-corrected chi connectivity index (χ2v) is 22.7. The number of allylic oxidation sites excluding steroid dienone is 20. The molecular formula is C76H128O6. The van der Waals surface area contributed by atoms with Crippen molar-refractivity contribution in [2.75, 3.05) is 13.2 Å². The normalized spacial score (nSPS) is 12.9. The maximum Gasteiger partial charge on any atom is 0.306 e. The summed E-state index contributed by atoms with van der Waals surface area (Å²) in [6, 6.07) is 0. The van der Waals surface area contributed by atoms with Gasteiger partial charge in [-0.3, -0.25) is 14.4 Å². The van der Waals surface area contributed by atoms with Crippen LogP contribution in [0.3, 0.4) is 0 Å². The van der Waals surface area contributed by atoms with Crippen LogP contribution in [0.5, 0.6) is 0 Å².